The van der Waals surface area contributed by atoms with Gasteiger partial charge >= 0.3 is 15.6 Å². The Hall–Kier alpha value is -1.84. The van der Waals surface area contributed by atoms with Gasteiger partial charge in [-0.25, -0.2) is 4.99 Å². The summed E-state index contributed by atoms with van der Waals surface area (Å²) in [6, 6.07) is 2.82. The zero-order valence-corrected chi connectivity index (χ0v) is 26.2. The molecule has 1 atom stereocenters. The molecule has 0 N–H and O–H groups in total. The third-order valence-electron chi connectivity index (χ3n) is 7.31. The van der Waals surface area contributed by atoms with E-state index < -0.39 is 15.6 Å². The molecule has 1 aliphatic heterocycles. The topological polar surface area (TPSA) is 65.0 Å². The molecule has 0 saturated heterocycles. The molecule has 0 radical (unpaired) electrons. The second kappa shape index (κ2) is 14.6. The fourth-order valence-corrected chi connectivity index (χ4v) is 5.90. The number of hydrogen-bond acceptors (Lipinski definition) is 5. The minimum absolute atomic E-state index is 0.0930. The van der Waals surface area contributed by atoms with E-state index >= 15 is 0 Å². The lowest BCUT2D eigenvalue weighted by Crippen LogP contribution is -2.30. The lowest BCUT2D eigenvalue weighted by atomic mass is 9.89. The molecule has 0 fully saturated rings. The molecular formula is C31H43ClF3NO4S. The molecule has 3 rings (SSSR count). The van der Waals surface area contributed by atoms with Gasteiger partial charge in [-0.3, -0.25) is 0 Å². The van der Waals surface area contributed by atoms with Crippen molar-refractivity contribution >= 4 is 27.3 Å². The summed E-state index contributed by atoms with van der Waals surface area (Å²) in [5.41, 5.74) is -3.50. The van der Waals surface area contributed by atoms with Gasteiger partial charge in [0.2, 0.25) is 0 Å². The molecule has 10 heteroatoms. The summed E-state index contributed by atoms with van der Waals surface area (Å²) in [6.07, 6.45) is 16.6. The molecule has 1 aliphatic carbocycles. The Balaban J connectivity index is 1.45. The van der Waals surface area contributed by atoms with Crippen LogP contribution in [0, 0.1) is 11.3 Å². The maximum atomic E-state index is 12.9. The average Bonchev–Trinajstić information content (AvgIpc) is 3.22. The van der Waals surface area contributed by atoms with E-state index in [4.69, 9.17) is 16.3 Å². The number of rotatable bonds is 16. The molecule has 0 spiro atoms. The van der Waals surface area contributed by atoms with Crippen LogP contribution < -0.4 is 14.8 Å². The zero-order valence-electron chi connectivity index (χ0n) is 24.6. The van der Waals surface area contributed by atoms with Gasteiger partial charge in [0.15, 0.2) is 0 Å². The number of nitrogens with zero attached hydrogens (tertiary/aromatic N) is 1. The van der Waals surface area contributed by atoms with E-state index in [9.17, 15) is 21.6 Å². The number of benzene rings is 1. The van der Waals surface area contributed by atoms with Crippen molar-refractivity contribution in [2.45, 2.75) is 104 Å². The van der Waals surface area contributed by atoms with Gasteiger partial charge in [0, 0.05) is 34.4 Å². The van der Waals surface area contributed by atoms with E-state index in [0.717, 1.165) is 12.8 Å². The zero-order chi connectivity index (χ0) is 30.3. The number of ether oxygens (including phenoxy) is 1. The number of aryl methyl sites for hydroxylation is 1. The second-order valence-electron chi connectivity index (χ2n) is 12.1. The van der Waals surface area contributed by atoms with Gasteiger partial charge in [-0.1, -0.05) is 96.7 Å². The molecule has 1 aromatic carbocycles. The molecule has 2 aliphatic rings. The lowest BCUT2D eigenvalue weighted by Gasteiger charge is -2.17. The molecule has 1 unspecified atom stereocenters. The molecule has 0 bridgehead atoms. The summed E-state index contributed by atoms with van der Waals surface area (Å²) < 4.78 is 72.1. The van der Waals surface area contributed by atoms with Gasteiger partial charge in [0.25, 0.3) is 0 Å². The summed E-state index contributed by atoms with van der Waals surface area (Å²) in [5.74, 6) is -0.479. The van der Waals surface area contributed by atoms with Crippen LogP contribution in [0.3, 0.4) is 0 Å². The van der Waals surface area contributed by atoms with Crippen molar-refractivity contribution in [2.24, 2.45) is 16.3 Å². The lowest BCUT2D eigenvalue weighted by molar-refractivity contribution is -0.0500. The predicted octanol–water partition coefficient (Wildman–Crippen LogP) is 7.86. The fraction of sp³-hybridized carbons (Fsp3) is 0.645. The van der Waals surface area contributed by atoms with Crippen molar-refractivity contribution in [3.05, 3.63) is 51.2 Å². The first kappa shape index (κ1) is 33.7. The Kier molecular flexibility index (Phi) is 12.0. The quantitative estimate of drug-likeness (QED) is 0.108. The fourth-order valence-electron chi connectivity index (χ4n) is 5.06. The molecular weight excluding hydrogens is 575 g/mol. The first-order valence-electron chi connectivity index (χ1n) is 14.7. The predicted molar refractivity (Wildman–Crippen MR) is 158 cm³/mol. The Morgan fingerprint density at radius 3 is 2.12 bits per heavy atom. The van der Waals surface area contributed by atoms with Crippen LogP contribution in [0.15, 0.2) is 40.0 Å². The van der Waals surface area contributed by atoms with Crippen molar-refractivity contribution in [1.82, 2.24) is 0 Å². The molecule has 230 valence electrons. The molecule has 0 amide bonds. The van der Waals surface area contributed by atoms with Gasteiger partial charge in [-0.05, 0) is 42.4 Å². The first-order chi connectivity index (χ1) is 19.2. The molecule has 0 saturated carbocycles. The maximum absolute atomic E-state index is 12.9. The Morgan fingerprint density at radius 1 is 0.927 bits per heavy atom. The smallest absolute Gasteiger partial charge is 0.381 e. The number of unbranched alkanes of at least 4 members (excludes halogenated alkanes) is 8. The van der Waals surface area contributed by atoms with Crippen LogP contribution in [-0.2, 0) is 21.3 Å². The van der Waals surface area contributed by atoms with Crippen molar-refractivity contribution in [2.75, 3.05) is 13.2 Å². The van der Waals surface area contributed by atoms with Gasteiger partial charge in [0.05, 0.1) is 17.7 Å². The summed E-state index contributed by atoms with van der Waals surface area (Å²) >= 11 is 6.60. The van der Waals surface area contributed by atoms with Crippen molar-refractivity contribution in [1.29, 1.82) is 0 Å². The number of halogens is 4. The minimum atomic E-state index is -5.79. The van der Waals surface area contributed by atoms with Crippen molar-refractivity contribution in [3.8, 4) is 5.75 Å². The first-order valence-corrected chi connectivity index (χ1v) is 16.4. The molecule has 0 aromatic heterocycles. The normalized spacial score (nSPS) is 17.1. The summed E-state index contributed by atoms with van der Waals surface area (Å²) in [5, 5.41) is 1.43. The number of fused-ring (bicyclic) bond motifs is 2. The van der Waals surface area contributed by atoms with Crippen LogP contribution in [0.25, 0.3) is 5.57 Å². The number of hydrogen-bond donors (Lipinski definition) is 0. The molecule has 5 nitrogen and oxygen atoms in total. The summed E-state index contributed by atoms with van der Waals surface area (Å²) in [7, 11) is -5.79. The number of allylic oxidation sites excluding steroid dienone is 1. The van der Waals surface area contributed by atoms with E-state index in [-0.39, 0.29) is 18.1 Å². The van der Waals surface area contributed by atoms with Gasteiger partial charge in [0.1, 0.15) is 5.75 Å². The Morgan fingerprint density at radius 2 is 1.54 bits per heavy atom. The summed E-state index contributed by atoms with van der Waals surface area (Å²) in [6.45, 7) is 9.72. The highest BCUT2D eigenvalue weighted by Crippen LogP contribution is 2.34. The van der Waals surface area contributed by atoms with Crippen LogP contribution in [0.2, 0.25) is 0 Å². The van der Waals surface area contributed by atoms with Crippen molar-refractivity contribution in [3.63, 3.8) is 0 Å². The standard InChI is InChI=1S/C31H43ClF3NO4S/c1-5-23-19-24-26(20-28(23)40-41(37,38)31(33,34)35)36-27-18-22(17-25(32)29(24)27)21-39-16-14-12-10-8-6-7-9-11-13-15-30(2,3)4/h17-20,22H,5-16,21H2,1-4H3. The second-order valence-corrected chi connectivity index (χ2v) is 14.0. The summed E-state index contributed by atoms with van der Waals surface area (Å²) in [4.78, 5) is 4.51. The van der Waals surface area contributed by atoms with Gasteiger partial charge in [-0.15, -0.1) is 0 Å². The maximum Gasteiger partial charge on any atom is 0.534 e. The number of alkyl halides is 3. The van der Waals surface area contributed by atoms with Crippen LogP contribution in [0.5, 0.6) is 5.75 Å². The van der Waals surface area contributed by atoms with Crippen LogP contribution in [0.1, 0.15) is 97.5 Å². The average molecular weight is 618 g/mol. The Labute approximate surface area is 247 Å². The van der Waals surface area contributed by atoms with Crippen molar-refractivity contribution < 1.29 is 30.5 Å². The highest BCUT2D eigenvalue weighted by Gasteiger charge is 2.48. The molecule has 1 heterocycles. The highest BCUT2D eigenvalue weighted by molar-refractivity contribution is 7.88. The van der Waals surface area contributed by atoms with Crippen LogP contribution >= 0.6 is 11.6 Å². The van der Waals surface area contributed by atoms with Crippen LogP contribution in [-0.4, -0.2) is 27.1 Å². The largest absolute Gasteiger partial charge is 0.534 e. The SMILES string of the molecule is CCc1cc2c(cc1OS(=O)(=O)C(F)(F)F)=NC1=CC(COCCCCCCCCCCCC(C)(C)C)C=C(Cl)C=21. The van der Waals surface area contributed by atoms with Gasteiger partial charge in [-0.2, -0.15) is 21.6 Å². The highest BCUT2D eigenvalue weighted by atomic mass is 35.5. The monoisotopic (exact) mass is 617 g/mol. The van der Waals surface area contributed by atoms with E-state index in [1.807, 2.05) is 12.2 Å². The Bertz CT molecular complexity index is 1340. The van der Waals surface area contributed by atoms with Crippen LogP contribution in [0.4, 0.5) is 13.2 Å². The van der Waals surface area contributed by atoms with E-state index in [1.54, 1.807) is 13.0 Å². The minimum Gasteiger partial charge on any atom is -0.381 e. The molecule has 1 aromatic rings. The molecule has 41 heavy (non-hydrogen) atoms. The third-order valence-corrected chi connectivity index (χ3v) is 8.59. The third kappa shape index (κ3) is 9.85. The van der Waals surface area contributed by atoms with E-state index in [1.165, 1.54) is 57.4 Å². The van der Waals surface area contributed by atoms with Gasteiger partial charge < -0.3 is 8.92 Å². The van der Waals surface area contributed by atoms with E-state index in [2.05, 4.69) is 29.9 Å². The van der Waals surface area contributed by atoms with E-state index in [0.29, 0.717) is 51.1 Å².